The molecule has 0 saturated heterocycles. The molecule has 0 atom stereocenters. The Morgan fingerprint density at radius 3 is 2.59 bits per heavy atom. The van der Waals surface area contributed by atoms with E-state index in [-0.39, 0.29) is 24.9 Å². The van der Waals surface area contributed by atoms with Crippen molar-refractivity contribution in [3.8, 4) is 11.5 Å². The molecule has 0 bridgehead atoms. The SMILES string of the molecule is COc1ccc(C(=O)NCCn2nc([N+](=O)[O-])cc2C)cc1COc1cc(C)ccc1C. The fourth-order valence-electron chi connectivity index (χ4n) is 3.24. The normalized spacial score (nSPS) is 10.6. The minimum absolute atomic E-state index is 0.211. The molecule has 0 aliphatic rings. The van der Waals surface area contributed by atoms with Gasteiger partial charge >= 0.3 is 5.82 Å². The Balaban J connectivity index is 1.65. The van der Waals surface area contributed by atoms with Crippen LogP contribution < -0.4 is 14.8 Å². The van der Waals surface area contributed by atoms with Crippen molar-refractivity contribution >= 4 is 11.7 Å². The Bertz CT molecular complexity index is 1140. The van der Waals surface area contributed by atoms with Crippen molar-refractivity contribution in [3.05, 3.63) is 80.5 Å². The number of hydrogen-bond acceptors (Lipinski definition) is 6. The Morgan fingerprint density at radius 1 is 1.12 bits per heavy atom. The van der Waals surface area contributed by atoms with Crippen molar-refractivity contribution in [3.63, 3.8) is 0 Å². The highest BCUT2D eigenvalue weighted by Gasteiger charge is 2.16. The molecule has 3 rings (SSSR count). The number of benzene rings is 2. The number of nitrogens with zero attached hydrogens (tertiary/aromatic N) is 3. The minimum Gasteiger partial charge on any atom is -0.496 e. The second-order valence-electron chi connectivity index (χ2n) is 7.46. The highest BCUT2D eigenvalue weighted by Crippen LogP contribution is 2.25. The summed E-state index contributed by atoms with van der Waals surface area (Å²) in [7, 11) is 1.57. The largest absolute Gasteiger partial charge is 0.496 e. The van der Waals surface area contributed by atoms with Crippen molar-refractivity contribution in [2.75, 3.05) is 13.7 Å². The maximum atomic E-state index is 12.6. The lowest BCUT2D eigenvalue weighted by molar-refractivity contribution is -0.389. The number of aryl methyl sites for hydroxylation is 3. The van der Waals surface area contributed by atoms with E-state index in [4.69, 9.17) is 9.47 Å². The molecule has 32 heavy (non-hydrogen) atoms. The number of nitro groups is 1. The van der Waals surface area contributed by atoms with Crippen molar-refractivity contribution in [1.82, 2.24) is 15.1 Å². The van der Waals surface area contributed by atoms with Crippen LogP contribution in [0.1, 0.15) is 32.7 Å². The summed E-state index contributed by atoms with van der Waals surface area (Å²) in [6.45, 7) is 6.56. The van der Waals surface area contributed by atoms with Gasteiger partial charge in [0.1, 0.15) is 18.1 Å². The molecule has 1 amide bonds. The van der Waals surface area contributed by atoms with E-state index in [0.717, 1.165) is 22.4 Å². The molecular formula is C23H26N4O5. The Kier molecular flexibility index (Phi) is 7.09. The van der Waals surface area contributed by atoms with Crippen molar-refractivity contribution in [2.24, 2.45) is 0 Å². The van der Waals surface area contributed by atoms with Gasteiger partial charge in [0.25, 0.3) is 5.91 Å². The Morgan fingerprint density at radius 2 is 1.91 bits per heavy atom. The fraction of sp³-hybridized carbons (Fsp3) is 0.304. The molecule has 1 N–H and O–H groups in total. The third kappa shape index (κ3) is 5.42. The summed E-state index contributed by atoms with van der Waals surface area (Å²) >= 11 is 0. The van der Waals surface area contributed by atoms with Gasteiger partial charge in [-0.05, 0) is 61.1 Å². The lowest BCUT2D eigenvalue weighted by Gasteiger charge is -2.14. The quantitative estimate of drug-likeness (QED) is 0.403. The molecule has 0 unspecified atom stereocenters. The van der Waals surface area contributed by atoms with E-state index < -0.39 is 4.92 Å². The first kappa shape index (κ1) is 22.8. The molecule has 9 nitrogen and oxygen atoms in total. The highest BCUT2D eigenvalue weighted by molar-refractivity contribution is 5.94. The number of methoxy groups -OCH3 is 1. The minimum atomic E-state index is -0.540. The average molecular weight is 438 g/mol. The fourth-order valence-corrected chi connectivity index (χ4v) is 3.24. The van der Waals surface area contributed by atoms with Gasteiger partial charge in [0.05, 0.1) is 30.5 Å². The summed E-state index contributed by atoms with van der Waals surface area (Å²) in [5, 5.41) is 17.6. The summed E-state index contributed by atoms with van der Waals surface area (Å²) in [6, 6.07) is 12.5. The maximum absolute atomic E-state index is 12.6. The van der Waals surface area contributed by atoms with Crippen LogP contribution in [0, 0.1) is 30.9 Å². The lowest BCUT2D eigenvalue weighted by Crippen LogP contribution is -2.28. The molecule has 0 fully saturated rings. The van der Waals surface area contributed by atoms with E-state index in [9.17, 15) is 14.9 Å². The van der Waals surface area contributed by atoms with Crippen LogP contribution in [0.2, 0.25) is 0 Å². The molecule has 1 aromatic heterocycles. The lowest BCUT2D eigenvalue weighted by atomic mass is 10.1. The predicted molar refractivity (Wildman–Crippen MR) is 119 cm³/mol. The van der Waals surface area contributed by atoms with Crippen molar-refractivity contribution < 1.29 is 19.2 Å². The van der Waals surface area contributed by atoms with Gasteiger partial charge in [0, 0.05) is 17.7 Å². The van der Waals surface area contributed by atoms with Gasteiger partial charge in [-0.3, -0.25) is 4.79 Å². The van der Waals surface area contributed by atoms with Crippen LogP contribution in [0.15, 0.2) is 42.5 Å². The van der Waals surface area contributed by atoms with E-state index >= 15 is 0 Å². The highest BCUT2D eigenvalue weighted by atomic mass is 16.6. The molecule has 2 aromatic carbocycles. The standard InChI is InChI=1S/C23H26N4O5/c1-15-5-6-16(2)21(11-15)32-14-19-13-18(7-8-20(19)31-4)23(28)24-9-10-26-17(3)12-22(25-26)27(29)30/h5-8,11-13H,9-10,14H2,1-4H3,(H,24,28). The first-order valence-electron chi connectivity index (χ1n) is 10.1. The van der Waals surface area contributed by atoms with Crippen LogP contribution >= 0.6 is 0 Å². The van der Waals surface area contributed by atoms with Crippen LogP contribution in [0.5, 0.6) is 11.5 Å². The molecule has 0 radical (unpaired) electrons. The summed E-state index contributed by atoms with van der Waals surface area (Å²) in [6.07, 6.45) is 0. The molecule has 168 valence electrons. The van der Waals surface area contributed by atoms with Gasteiger partial charge in [-0.2, -0.15) is 4.68 Å². The van der Waals surface area contributed by atoms with Crippen LogP contribution in [0.4, 0.5) is 5.82 Å². The first-order chi connectivity index (χ1) is 15.3. The summed E-state index contributed by atoms with van der Waals surface area (Å²) in [5.41, 5.74) is 4.00. The molecular weight excluding hydrogens is 412 g/mol. The van der Waals surface area contributed by atoms with Gasteiger partial charge in [0.2, 0.25) is 0 Å². The number of ether oxygens (including phenoxy) is 2. The summed E-state index contributed by atoms with van der Waals surface area (Å²) in [5.74, 6) is 0.939. The van der Waals surface area contributed by atoms with Crippen LogP contribution in [-0.4, -0.2) is 34.3 Å². The number of amides is 1. The smallest absolute Gasteiger partial charge is 0.390 e. The van der Waals surface area contributed by atoms with Gasteiger partial charge in [0.15, 0.2) is 0 Å². The molecule has 1 heterocycles. The molecule has 0 saturated carbocycles. The topological polar surface area (TPSA) is 109 Å². The molecule has 3 aromatic rings. The summed E-state index contributed by atoms with van der Waals surface area (Å²) < 4.78 is 12.9. The van der Waals surface area contributed by atoms with Crippen molar-refractivity contribution in [1.29, 1.82) is 0 Å². The molecule has 9 heteroatoms. The average Bonchev–Trinajstić information content (AvgIpc) is 3.15. The second-order valence-corrected chi connectivity index (χ2v) is 7.46. The zero-order valence-electron chi connectivity index (χ0n) is 18.5. The number of carbonyl (C=O) groups is 1. The van der Waals surface area contributed by atoms with E-state index in [1.54, 1.807) is 32.2 Å². The van der Waals surface area contributed by atoms with Gasteiger partial charge in [-0.1, -0.05) is 12.1 Å². The van der Waals surface area contributed by atoms with Crippen molar-refractivity contribution in [2.45, 2.75) is 33.9 Å². The zero-order chi connectivity index (χ0) is 23.3. The van der Waals surface area contributed by atoms with E-state index in [0.29, 0.717) is 23.6 Å². The first-order valence-corrected chi connectivity index (χ1v) is 10.1. The monoisotopic (exact) mass is 438 g/mol. The van der Waals surface area contributed by atoms with Crippen LogP contribution in [-0.2, 0) is 13.2 Å². The summed E-state index contributed by atoms with van der Waals surface area (Å²) in [4.78, 5) is 22.9. The van der Waals surface area contributed by atoms with E-state index in [1.807, 2.05) is 32.0 Å². The van der Waals surface area contributed by atoms with Gasteiger partial charge < -0.3 is 24.9 Å². The van der Waals surface area contributed by atoms with Gasteiger partial charge in [-0.15, -0.1) is 0 Å². The molecule has 0 spiro atoms. The van der Waals surface area contributed by atoms with E-state index in [1.165, 1.54) is 10.7 Å². The number of rotatable bonds is 9. The molecule has 0 aliphatic heterocycles. The predicted octanol–water partition coefficient (Wildman–Crippen LogP) is 3.73. The number of hydrogen-bond donors (Lipinski definition) is 1. The van der Waals surface area contributed by atoms with Crippen LogP contribution in [0.25, 0.3) is 0 Å². The number of nitrogens with one attached hydrogen (secondary N) is 1. The third-order valence-corrected chi connectivity index (χ3v) is 5.03. The van der Waals surface area contributed by atoms with Gasteiger partial charge in [-0.25, -0.2) is 0 Å². The molecule has 0 aliphatic carbocycles. The number of aromatic nitrogens is 2. The zero-order valence-corrected chi connectivity index (χ0v) is 18.5. The Labute approximate surface area is 186 Å². The second kappa shape index (κ2) is 9.95. The van der Waals surface area contributed by atoms with Crippen LogP contribution in [0.3, 0.4) is 0 Å². The number of carbonyl (C=O) groups excluding carboxylic acids is 1. The maximum Gasteiger partial charge on any atom is 0.390 e. The Hall–Kier alpha value is -3.88. The third-order valence-electron chi connectivity index (χ3n) is 5.03. The van der Waals surface area contributed by atoms with E-state index in [2.05, 4.69) is 10.4 Å².